The summed E-state index contributed by atoms with van der Waals surface area (Å²) in [5.74, 6) is 0. The van der Waals surface area contributed by atoms with E-state index >= 15 is 0 Å². The Bertz CT molecular complexity index is 766. The molecular formula is C21H29N5O4. The minimum Gasteiger partial charge on any atom is -0.444 e. The van der Waals surface area contributed by atoms with Crippen LogP contribution in [0.3, 0.4) is 0 Å². The van der Waals surface area contributed by atoms with Crippen LogP contribution in [-0.4, -0.2) is 87.2 Å². The number of aliphatic imine (C=N–C) groups is 2. The van der Waals surface area contributed by atoms with Crippen molar-refractivity contribution in [3.05, 3.63) is 41.4 Å². The van der Waals surface area contributed by atoms with Crippen molar-refractivity contribution < 1.29 is 19.0 Å². The number of morpholine rings is 1. The molecule has 2 saturated heterocycles. The van der Waals surface area contributed by atoms with E-state index in [1.54, 1.807) is 6.20 Å². The lowest BCUT2D eigenvalue weighted by Crippen LogP contribution is -2.36. The summed E-state index contributed by atoms with van der Waals surface area (Å²) >= 11 is 0. The minimum absolute atomic E-state index is 0.186. The van der Waals surface area contributed by atoms with E-state index in [2.05, 4.69) is 26.9 Å². The van der Waals surface area contributed by atoms with Crippen LogP contribution in [0.4, 0.5) is 4.79 Å². The topological polar surface area (TPSA) is 97.6 Å². The fraction of sp³-hybridized carbons (Fsp3) is 0.524. The largest absolute Gasteiger partial charge is 0.444 e. The smallest absolute Gasteiger partial charge is 0.407 e. The monoisotopic (exact) mass is 415 g/mol. The molecule has 0 aromatic carbocycles. The molecule has 1 N–H and O–H groups in total. The van der Waals surface area contributed by atoms with Gasteiger partial charge in [0.15, 0.2) is 0 Å². The van der Waals surface area contributed by atoms with Gasteiger partial charge in [0.2, 0.25) is 0 Å². The maximum atomic E-state index is 12.0. The van der Waals surface area contributed by atoms with Crippen LogP contribution in [0.15, 0.2) is 40.1 Å². The number of hydrogen-bond donors (Lipinski definition) is 1. The summed E-state index contributed by atoms with van der Waals surface area (Å²) < 4.78 is 15.9. The molecule has 0 aliphatic carbocycles. The molecule has 2 aliphatic heterocycles. The van der Waals surface area contributed by atoms with Gasteiger partial charge in [0.1, 0.15) is 6.10 Å². The highest BCUT2D eigenvalue weighted by Crippen LogP contribution is 2.10. The fourth-order valence-corrected chi connectivity index (χ4v) is 3.03. The summed E-state index contributed by atoms with van der Waals surface area (Å²) in [5.41, 5.74) is 3.12. The summed E-state index contributed by atoms with van der Waals surface area (Å²) in [6, 6.07) is 3.91. The number of rotatable bonds is 8. The van der Waals surface area contributed by atoms with E-state index < -0.39 is 6.09 Å². The van der Waals surface area contributed by atoms with Gasteiger partial charge in [0.25, 0.3) is 0 Å². The molecule has 1 aromatic rings. The first kappa shape index (κ1) is 22.1. The first-order valence-electron chi connectivity index (χ1n) is 10.1. The minimum atomic E-state index is -0.496. The number of carbonyl (C=O) groups excluding carboxylic acids is 1. The zero-order chi connectivity index (χ0) is 21.2. The van der Waals surface area contributed by atoms with E-state index in [9.17, 15) is 4.79 Å². The molecule has 3 rings (SSSR count). The molecule has 30 heavy (non-hydrogen) atoms. The number of aromatic nitrogens is 1. The first-order valence-corrected chi connectivity index (χ1v) is 10.1. The molecule has 9 nitrogen and oxygen atoms in total. The molecule has 1 amide bonds. The first-order chi connectivity index (χ1) is 14.6. The Morgan fingerprint density at radius 1 is 1.37 bits per heavy atom. The molecule has 2 fully saturated rings. The average molecular weight is 415 g/mol. The van der Waals surface area contributed by atoms with Crippen molar-refractivity contribution in [3.63, 3.8) is 0 Å². The molecule has 3 heterocycles. The third kappa shape index (κ3) is 7.01. The Labute approximate surface area is 176 Å². The van der Waals surface area contributed by atoms with E-state index in [-0.39, 0.29) is 12.6 Å². The Kier molecular flexibility index (Phi) is 8.49. The normalized spacial score (nSPS) is 20.8. The van der Waals surface area contributed by atoms with E-state index in [0.717, 1.165) is 30.1 Å². The van der Waals surface area contributed by atoms with Gasteiger partial charge in [0, 0.05) is 37.0 Å². The Morgan fingerprint density at radius 3 is 2.87 bits per heavy atom. The van der Waals surface area contributed by atoms with Crippen molar-refractivity contribution in [2.24, 2.45) is 9.98 Å². The van der Waals surface area contributed by atoms with E-state index in [4.69, 9.17) is 19.2 Å². The number of amides is 1. The number of carbonyl (C=O) groups is 1. The molecule has 9 heteroatoms. The second kappa shape index (κ2) is 11.5. The zero-order valence-electron chi connectivity index (χ0n) is 17.4. The van der Waals surface area contributed by atoms with Crippen LogP contribution in [0.2, 0.25) is 0 Å². The predicted octanol–water partition coefficient (Wildman–Crippen LogP) is 1.57. The van der Waals surface area contributed by atoms with Crippen LogP contribution < -0.4 is 5.32 Å². The van der Waals surface area contributed by atoms with Crippen molar-refractivity contribution in [2.75, 3.05) is 52.7 Å². The molecule has 1 unspecified atom stereocenters. The molecular weight excluding hydrogens is 386 g/mol. The fourth-order valence-electron chi connectivity index (χ4n) is 3.03. The van der Waals surface area contributed by atoms with Gasteiger partial charge in [-0.3, -0.25) is 19.9 Å². The van der Waals surface area contributed by atoms with Gasteiger partial charge in [-0.2, -0.15) is 0 Å². The zero-order valence-corrected chi connectivity index (χ0v) is 17.4. The average Bonchev–Trinajstić information content (AvgIpc) is 3.28. The number of aryl methyl sites for hydroxylation is 1. The summed E-state index contributed by atoms with van der Waals surface area (Å²) in [6.07, 6.45) is 3.63. The van der Waals surface area contributed by atoms with Crippen molar-refractivity contribution in [2.45, 2.75) is 19.4 Å². The standard InChI is InChI=1S/C21H29N5O4/c1-16-3-4-17(12-23-16)20(25-15-26-6-9-28-10-7-26)11-18(22-2)13-24-21(27)30-19-5-8-29-14-19/h3-4,11-12,19H,2,5-10,13-15H2,1H3,(H,24,27)/b18-11-,25-20+. The van der Waals surface area contributed by atoms with Gasteiger partial charge < -0.3 is 19.5 Å². The number of alkyl carbamates (subject to hydrolysis) is 1. The number of ether oxygens (including phenoxy) is 3. The molecule has 1 atom stereocenters. The molecule has 0 bridgehead atoms. The summed E-state index contributed by atoms with van der Waals surface area (Å²) in [5, 5.41) is 2.72. The summed E-state index contributed by atoms with van der Waals surface area (Å²) in [7, 11) is 0. The van der Waals surface area contributed by atoms with Gasteiger partial charge in [-0.05, 0) is 31.9 Å². The van der Waals surface area contributed by atoms with Crippen molar-refractivity contribution in [1.82, 2.24) is 15.2 Å². The number of allylic oxidation sites excluding steroid dienone is 1. The molecule has 162 valence electrons. The maximum absolute atomic E-state index is 12.0. The molecule has 1 aromatic heterocycles. The van der Waals surface area contributed by atoms with E-state index in [1.165, 1.54) is 0 Å². The lowest BCUT2D eigenvalue weighted by molar-refractivity contribution is 0.0394. The van der Waals surface area contributed by atoms with Crippen LogP contribution in [0.1, 0.15) is 17.7 Å². The maximum Gasteiger partial charge on any atom is 0.407 e. The Morgan fingerprint density at radius 2 is 2.20 bits per heavy atom. The van der Waals surface area contributed by atoms with Crippen LogP contribution in [0, 0.1) is 6.92 Å². The second-order valence-corrected chi connectivity index (χ2v) is 7.14. The lowest BCUT2D eigenvalue weighted by Gasteiger charge is -2.24. The number of hydrogen-bond acceptors (Lipinski definition) is 8. The van der Waals surface area contributed by atoms with Gasteiger partial charge in [-0.1, -0.05) is 0 Å². The second-order valence-electron chi connectivity index (χ2n) is 7.14. The van der Waals surface area contributed by atoms with Gasteiger partial charge >= 0.3 is 6.09 Å². The lowest BCUT2D eigenvalue weighted by atomic mass is 10.1. The van der Waals surface area contributed by atoms with E-state index in [0.29, 0.717) is 45.2 Å². The number of nitrogens with zero attached hydrogens (tertiary/aromatic N) is 4. The predicted molar refractivity (Wildman–Crippen MR) is 114 cm³/mol. The van der Waals surface area contributed by atoms with Crippen molar-refractivity contribution >= 4 is 18.5 Å². The Balaban J connectivity index is 1.67. The van der Waals surface area contributed by atoms with Gasteiger partial charge in [-0.15, -0.1) is 0 Å². The highest BCUT2D eigenvalue weighted by molar-refractivity contribution is 6.09. The molecule has 0 saturated carbocycles. The third-order valence-electron chi connectivity index (χ3n) is 4.83. The molecule has 0 spiro atoms. The van der Waals surface area contributed by atoms with Gasteiger partial charge in [-0.25, -0.2) is 4.79 Å². The highest BCUT2D eigenvalue weighted by Gasteiger charge is 2.19. The van der Waals surface area contributed by atoms with Crippen LogP contribution in [0.5, 0.6) is 0 Å². The van der Waals surface area contributed by atoms with Crippen molar-refractivity contribution in [3.8, 4) is 0 Å². The Hall–Kier alpha value is -2.62. The summed E-state index contributed by atoms with van der Waals surface area (Å²) in [6.45, 7) is 10.5. The highest BCUT2D eigenvalue weighted by atomic mass is 16.6. The van der Waals surface area contributed by atoms with Crippen LogP contribution >= 0.6 is 0 Å². The van der Waals surface area contributed by atoms with Gasteiger partial charge in [0.05, 0.1) is 51.0 Å². The quantitative estimate of drug-likeness (QED) is 0.648. The van der Waals surface area contributed by atoms with Crippen LogP contribution in [-0.2, 0) is 14.2 Å². The summed E-state index contributed by atoms with van der Waals surface area (Å²) in [4.78, 5) is 27.4. The van der Waals surface area contributed by atoms with Crippen molar-refractivity contribution in [1.29, 1.82) is 0 Å². The molecule has 2 aliphatic rings. The third-order valence-corrected chi connectivity index (χ3v) is 4.83. The number of pyridine rings is 1. The van der Waals surface area contributed by atoms with E-state index in [1.807, 2.05) is 25.1 Å². The van der Waals surface area contributed by atoms with Crippen LogP contribution in [0.25, 0.3) is 0 Å². The molecule has 0 radical (unpaired) electrons. The number of nitrogens with one attached hydrogen (secondary N) is 1. The SMILES string of the molecule is C=N/C(=C\C(=N/CN1CCOCC1)c1ccc(C)nc1)CNC(=O)OC1CCOC1.